The zero-order valence-electron chi connectivity index (χ0n) is 24.6. The Morgan fingerprint density at radius 1 is 0.886 bits per heavy atom. The van der Waals surface area contributed by atoms with E-state index in [4.69, 9.17) is 0 Å². The Morgan fingerprint density at radius 3 is 2.32 bits per heavy atom. The molecule has 5 amide bonds. The number of benzene rings is 2. The van der Waals surface area contributed by atoms with Gasteiger partial charge in [0, 0.05) is 30.1 Å². The molecule has 5 rings (SSSR count). The van der Waals surface area contributed by atoms with Crippen molar-refractivity contribution in [1.29, 1.82) is 0 Å². The molecule has 2 aromatic carbocycles. The van der Waals surface area contributed by atoms with Gasteiger partial charge in [-0.15, -0.1) is 0 Å². The molecule has 0 radical (unpaired) electrons. The van der Waals surface area contributed by atoms with Crippen molar-refractivity contribution in [3.8, 4) is 0 Å². The van der Waals surface area contributed by atoms with Gasteiger partial charge in [0.25, 0.3) is 0 Å². The highest BCUT2D eigenvalue weighted by Gasteiger charge is 2.45. The molecule has 12 nitrogen and oxygen atoms in total. The van der Waals surface area contributed by atoms with Crippen LogP contribution in [0.15, 0.2) is 60.8 Å². The number of nitrogens with one attached hydrogen (secondary N) is 6. The fourth-order valence-corrected chi connectivity index (χ4v) is 6.18. The molecule has 232 valence electrons. The van der Waals surface area contributed by atoms with E-state index in [-0.39, 0.29) is 13.0 Å². The zero-order valence-corrected chi connectivity index (χ0v) is 24.6. The summed E-state index contributed by atoms with van der Waals surface area (Å²) in [5.74, 6) is -3.11. The summed E-state index contributed by atoms with van der Waals surface area (Å²) in [6, 6.07) is 13.7. The minimum Gasteiger partial charge on any atom is -0.481 e. The van der Waals surface area contributed by atoms with Crippen molar-refractivity contribution in [2.24, 2.45) is 0 Å². The first-order valence-corrected chi connectivity index (χ1v) is 14.9. The lowest BCUT2D eigenvalue weighted by Gasteiger charge is -2.39. The van der Waals surface area contributed by atoms with Crippen molar-refractivity contribution in [3.05, 3.63) is 71.9 Å². The Kier molecular flexibility index (Phi) is 8.88. The van der Waals surface area contributed by atoms with Crippen LogP contribution in [0.1, 0.15) is 62.6 Å². The van der Waals surface area contributed by atoms with Crippen LogP contribution in [0.3, 0.4) is 0 Å². The SMILES string of the molecule is C[C@@]1(Cc2c[nH]c3ccccc23)NC(=O)NC2(CCCCC2)C(=O)N[C@@H](CC(=O)O)C(=O)N[C@@H](c2ccccc2)CNC1=O. The van der Waals surface area contributed by atoms with Crippen molar-refractivity contribution in [1.82, 2.24) is 31.6 Å². The van der Waals surface area contributed by atoms with E-state index in [9.17, 15) is 29.1 Å². The van der Waals surface area contributed by atoms with Gasteiger partial charge in [-0.25, -0.2) is 4.79 Å². The van der Waals surface area contributed by atoms with Crippen LogP contribution in [0.2, 0.25) is 0 Å². The number of amides is 5. The van der Waals surface area contributed by atoms with E-state index in [1.807, 2.05) is 30.3 Å². The number of rotatable bonds is 5. The average molecular weight is 603 g/mol. The monoisotopic (exact) mass is 602 g/mol. The van der Waals surface area contributed by atoms with Crippen LogP contribution in [-0.2, 0) is 25.6 Å². The second-order valence-corrected chi connectivity index (χ2v) is 11.9. The molecular formula is C32H38N6O6. The number of aliphatic carboxylic acids is 1. The van der Waals surface area contributed by atoms with E-state index in [2.05, 4.69) is 31.6 Å². The van der Waals surface area contributed by atoms with Gasteiger partial charge in [-0.2, -0.15) is 0 Å². The minimum atomic E-state index is -1.46. The van der Waals surface area contributed by atoms with Gasteiger partial charge < -0.3 is 36.7 Å². The average Bonchev–Trinajstić information content (AvgIpc) is 3.40. The molecule has 0 bridgehead atoms. The summed E-state index contributed by atoms with van der Waals surface area (Å²) in [5, 5.41) is 24.5. The number of hydrogen-bond acceptors (Lipinski definition) is 5. The highest BCUT2D eigenvalue weighted by molar-refractivity contribution is 5.98. The Labute approximate surface area is 254 Å². The van der Waals surface area contributed by atoms with Crippen molar-refractivity contribution in [3.63, 3.8) is 0 Å². The van der Waals surface area contributed by atoms with E-state index in [0.717, 1.165) is 22.9 Å². The molecule has 2 heterocycles. The number of para-hydroxylation sites is 1. The predicted octanol–water partition coefficient (Wildman–Crippen LogP) is 2.42. The minimum absolute atomic E-state index is 0.0565. The highest BCUT2D eigenvalue weighted by atomic mass is 16.4. The van der Waals surface area contributed by atoms with Crippen molar-refractivity contribution >= 4 is 40.6 Å². The summed E-state index contributed by atoms with van der Waals surface area (Å²) >= 11 is 0. The van der Waals surface area contributed by atoms with Crippen molar-refractivity contribution in [2.45, 2.75) is 75.0 Å². The summed E-state index contributed by atoms with van der Waals surface area (Å²) in [6.45, 7) is 1.57. The van der Waals surface area contributed by atoms with Gasteiger partial charge >= 0.3 is 12.0 Å². The molecule has 44 heavy (non-hydrogen) atoms. The maximum Gasteiger partial charge on any atom is 0.316 e. The molecule has 0 unspecified atom stereocenters. The predicted molar refractivity (Wildman–Crippen MR) is 162 cm³/mol. The Balaban J connectivity index is 1.53. The van der Waals surface area contributed by atoms with Crippen LogP contribution in [0.25, 0.3) is 10.9 Å². The number of carboxylic acids is 1. The normalized spacial score (nSPS) is 24.8. The summed E-state index contributed by atoms with van der Waals surface area (Å²) in [7, 11) is 0. The van der Waals surface area contributed by atoms with Gasteiger partial charge in [-0.1, -0.05) is 67.8 Å². The lowest BCUT2D eigenvalue weighted by Crippen LogP contribution is -2.68. The van der Waals surface area contributed by atoms with Crippen LogP contribution in [0.5, 0.6) is 0 Å². The topological polar surface area (TPSA) is 182 Å². The smallest absolute Gasteiger partial charge is 0.316 e. The number of H-pyrrole nitrogens is 1. The molecule has 2 aliphatic rings. The second kappa shape index (κ2) is 12.8. The number of carbonyl (C=O) groups is 5. The third kappa shape index (κ3) is 6.69. The van der Waals surface area contributed by atoms with Gasteiger partial charge in [-0.05, 0) is 37.0 Å². The fraction of sp³-hybridized carbons (Fsp3) is 0.406. The lowest BCUT2D eigenvalue weighted by atomic mass is 9.80. The molecule has 1 saturated carbocycles. The van der Waals surface area contributed by atoms with Crippen LogP contribution in [0.4, 0.5) is 4.79 Å². The highest BCUT2D eigenvalue weighted by Crippen LogP contribution is 2.30. The first-order valence-electron chi connectivity index (χ1n) is 14.9. The first-order chi connectivity index (χ1) is 21.1. The maximum absolute atomic E-state index is 14.0. The number of hydrogen-bond donors (Lipinski definition) is 7. The summed E-state index contributed by atoms with van der Waals surface area (Å²) in [6.07, 6.45) is 4.03. The summed E-state index contributed by atoms with van der Waals surface area (Å²) in [5.41, 5.74) is -0.476. The quantitative estimate of drug-likeness (QED) is 0.235. The molecule has 7 N–H and O–H groups in total. The van der Waals surface area contributed by atoms with Gasteiger partial charge in [0.05, 0.1) is 12.5 Å². The van der Waals surface area contributed by atoms with E-state index >= 15 is 0 Å². The van der Waals surface area contributed by atoms with Gasteiger partial charge in [-0.3, -0.25) is 19.2 Å². The number of aromatic amines is 1. The summed E-state index contributed by atoms with van der Waals surface area (Å²) in [4.78, 5) is 69.9. The van der Waals surface area contributed by atoms with Gasteiger partial charge in [0.1, 0.15) is 17.1 Å². The Hall–Kier alpha value is -4.87. The number of carboxylic acid groups (broad SMARTS) is 1. The van der Waals surface area contributed by atoms with Gasteiger partial charge in [0.2, 0.25) is 17.7 Å². The zero-order chi connectivity index (χ0) is 31.3. The molecule has 3 atom stereocenters. The fourth-order valence-electron chi connectivity index (χ4n) is 6.18. The molecular weight excluding hydrogens is 564 g/mol. The summed E-state index contributed by atoms with van der Waals surface area (Å²) < 4.78 is 0. The largest absolute Gasteiger partial charge is 0.481 e. The molecule has 1 spiro atoms. The Morgan fingerprint density at radius 2 is 1.59 bits per heavy atom. The number of urea groups is 1. The van der Waals surface area contributed by atoms with Crippen LogP contribution < -0.4 is 26.6 Å². The van der Waals surface area contributed by atoms with Crippen molar-refractivity contribution in [2.75, 3.05) is 6.54 Å². The maximum atomic E-state index is 14.0. The molecule has 1 aliphatic carbocycles. The molecule has 1 saturated heterocycles. The standard InChI is InChI=1S/C32H38N6O6/c1-31(17-21-18-33-23-13-7-6-12-22(21)23)28(42)34-19-25(20-10-4-2-5-11-20)35-27(41)24(16-26(39)40)36-29(43)32(38-30(44)37-31)14-8-3-9-15-32/h2,4-7,10-13,18,24-25,33H,3,8-9,14-17,19H2,1H3,(H,34,42)(H,35,41)(H,36,43)(H,39,40)(H2,37,38,44)/t24-,25+,31-/m0/s1. The van der Waals surface area contributed by atoms with E-state index in [1.165, 1.54) is 0 Å². The van der Waals surface area contributed by atoms with Crippen LogP contribution >= 0.6 is 0 Å². The van der Waals surface area contributed by atoms with E-state index in [0.29, 0.717) is 31.2 Å². The van der Waals surface area contributed by atoms with Gasteiger partial charge in [0.15, 0.2) is 0 Å². The lowest BCUT2D eigenvalue weighted by molar-refractivity contribution is -0.141. The molecule has 3 aromatic rings. The molecule has 12 heteroatoms. The molecule has 1 aromatic heterocycles. The molecule has 2 fully saturated rings. The molecule has 1 aliphatic heterocycles. The van der Waals surface area contributed by atoms with Crippen LogP contribution in [0, 0.1) is 0 Å². The first kappa shape index (κ1) is 30.6. The van der Waals surface area contributed by atoms with E-state index in [1.54, 1.807) is 37.4 Å². The second-order valence-electron chi connectivity index (χ2n) is 11.9. The van der Waals surface area contributed by atoms with Crippen LogP contribution in [-0.4, -0.2) is 63.5 Å². The third-order valence-corrected chi connectivity index (χ3v) is 8.59. The number of fused-ring (bicyclic) bond motifs is 1. The van der Waals surface area contributed by atoms with Crippen molar-refractivity contribution < 1.29 is 29.1 Å². The van der Waals surface area contributed by atoms with E-state index < -0.39 is 59.3 Å². The Bertz CT molecular complexity index is 1550. The number of carbonyl (C=O) groups excluding carboxylic acids is 4. The number of aromatic nitrogens is 1. The third-order valence-electron chi connectivity index (χ3n) is 8.59.